The zero-order valence-electron chi connectivity index (χ0n) is 11.3. The van der Waals surface area contributed by atoms with E-state index in [1.165, 1.54) is 0 Å². The smallest absolute Gasteiger partial charge is 0.407 e. The summed E-state index contributed by atoms with van der Waals surface area (Å²) in [4.78, 5) is 13.8. The Kier molecular flexibility index (Phi) is 5.21. The van der Waals surface area contributed by atoms with Crippen molar-refractivity contribution in [3.63, 3.8) is 0 Å². The molecule has 0 aromatic carbocycles. The van der Waals surface area contributed by atoms with Gasteiger partial charge in [-0.1, -0.05) is 6.92 Å². The second kappa shape index (κ2) is 6.21. The predicted molar refractivity (Wildman–Crippen MR) is 66.1 cm³/mol. The zero-order valence-corrected chi connectivity index (χ0v) is 11.3. The van der Waals surface area contributed by atoms with Crippen LogP contribution in [-0.2, 0) is 9.47 Å². The van der Waals surface area contributed by atoms with E-state index in [0.29, 0.717) is 13.2 Å². The minimum absolute atomic E-state index is 0.251. The summed E-state index contributed by atoms with van der Waals surface area (Å²) in [6.45, 7) is 11.6. The van der Waals surface area contributed by atoms with E-state index in [2.05, 4.69) is 17.1 Å². The van der Waals surface area contributed by atoms with Gasteiger partial charge in [0.1, 0.15) is 5.60 Å². The van der Waals surface area contributed by atoms with Crippen LogP contribution in [0.15, 0.2) is 0 Å². The maximum atomic E-state index is 11.5. The molecule has 1 N–H and O–H groups in total. The van der Waals surface area contributed by atoms with Gasteiger partial charge in [-0.25, -0.2) is 4.79 Å². The molecule has 0 aliphatic carbocycles. The van der Waals surface area contributed by atoms with Gasteiger partial charge in [0, 0.05) is 13.1 Å². The van der Waals surface area contributed by atoms with Crippen molar-refractivity contribution in [3.05, 3.63) is 0 Å². The second-order valence-electron chi connectivity index (χ2n) is 5.24. The number of carbonyl (C=O) groups excluding carboxylic acids is 1. The molecular formula is C12H24N2O3. The Morgan fingerprint density at radius 3 is 2.82 bits per heavy atom. The SMILES string of the molecule is CCN1CCOC[C@@H]1CNC(=O)OC(C)(C)C. The first-order chi connectivity index (χ1) is 7.92. The Hall–Kier alpha value is -0.810. The van der Waals surface area contributed by atoms with Gasteiger partial charge in [-0.3, -0.25) is 4.90 Å². The van der Waals surface area contributed by atoms with Crippen molar-refractivity contribution in [2.75, 3.05) is 32.8 Å². The van der Waals surface area contributed by atoms with Gasteiger partial charge in [0.15, 0.2) is 0 Å². The van der Waals surface area contributed by atoms with Crippen LogP contribution in [0.4, 0.5) is 4.79 Å². The van der Waals surface area contributed by atoms with Gasteiger partial charge >= 0.3 is 6.09 Å². The summed E-state index contributed by atoms with van der Waals surface area (Å²) in [5.74, 6) is 0. The standard InChI is InChI=1S/C12H24N2O3/c1-5-14-6-7-16-9-10(14)8-13-11(15)17-12(2,3)4/h10H,5-9H2,1-4H3,(H,13,15)/t10-/m0/s1. The molecule has 1 fully saturated rings. The van der Waals surface area contributed by atoms with E-state index in [0.717, 1.165) is 19.7 Å². The molecular weight excluding hydrogens is 220 g/mol. The molecule has 0 aromatic heterocycles. The lowest BCUT2D eigenvalue weighted by molar-refractivity contribution is -0.00604. The van der Waals surface area contributed by atoms with E-state index in [1.54, 1.807) is 0 Å². The molecule has 5 heteroatoms. The molecule has 1 amide bonds. The van der Waals surface area contributed by atoms with Crippen molar-refractivity contribution in [2.24, 2.45) is 0 Å². The lowest BCUT2D eigenvalue weighted by Gasteiger charge is -2.34. The van der Waals surface area contributed by atoms with Gasteiger partial charge in [-0.05, 0) is 27.3 Å². The van der Waals surface area contributed by atoms with E-state index < -0.39 is 5.60 Å². The van der Waals surface area contributed by atoms with Crippen LogP contribution in [0.2, 0.25) is 0 Å². The maximum absolute atomic E-state index is 11.5. The molecule has 1 heterocycles. The quantitative estimate of drug-likeness (QED) is 0.811. The van der Waals surface area contributed by atoms with Crippen LogP contribution in [-0.4, -0.2) is 55.5 Å². The highest BCUT2D eigenvalue weighted by atomic mass is 16.6. The highest BCUT2D eigenvalue weighted by Gasteiger charge is 2.23. The minimum Gasteiger partial charge on any atom is -0.444 e. The van der Waals surface area contributed by atoms with E-state index in [9.17, 15) is 4.79 Å². The molecule has 0 bridgehead atoms. The number of hydrogen-bond donors (Lipinski definition) is 1. The fraction of sp³-hybridized carbons (Fsp3) is 0.917. The molecule has 1 aliphatic rings. The molecule has 5 nitrogen and oxygen atoms in total. The topological polar surface area (TPSA) is 50.8 Å². The number of ether oxygens (including phenoxy) is 2. The van der Waals surface area contributed by atoms with Crippen molar-refractivity contribution in [3.8, 4) is 0 Å². The van der Waals surface area contributed by atoms with E-state index in [1.807, 2.05) is 20.8 Å². The second-order valence-corrected chi connectivity index (χ2v) is 5.24. The summed E-state index contributed by atoms with van der Waals surface area (Å²) in [5, 5.41) is 2.79. The van der Waals surface area contributed by atoms with Crippen LogP contribution >= 0.6 is 0 Å². The maximum Gasteiger partial charge on any atom is 0.407 e. The Morgan fingerprint density at radius 1 is 1.53 bits per heavy atom. The fourth-order valence-electron chi connectivity index (χ4n) is 1.81. The third-order valence-electron chi connectivity index (χ3n) is 2.64. The third-order valence-corrected chi connectivity index (χ3v) is 2.64. The number of rotatable bonds is 3. The number of likely N-dealkylation sites (N-methyl/N-ethyl adjacent to an activating group) is 1. The first-order valence-corrected chi connectivity index (χ1v) is 6.21. The number of carbonyl (C=O) groups is 1. The average molecular weight is 244 g/mol. The Morgan fingerprint density at radius 2 is 2.24 bits per heavy atom. The molecule has 0 radical (unpaired) electrons. The number of alkyl carbamates (subject to hydrolysis) is 1. The van der Waals surface area contributed by atoms with Gasteiger partial charge in [0.05, 0.1) is 19.3 Å². The molecule has 17 heavy (non-hydrogen) atoms. The summed E-state index contributed by atoms with van der Waals surface area (Å²) < 4.78 is 10.6. The van der Waals surface area contributed by atoms with Crippen molar-refractivity contribution < 1.29 is 14.3 Å². The van der Waals surface area contributed by atoms with Crippen LogP contribution in [0.5, 0.6) is 0 Å². The van der Waals surface area contributed by atoms with Gasteiger partial charge in [-0.2, -0.15) is 0 Å². The van der Waals surface area contributed by atoms with Crippen molar-refractivity contribution >= 4 is 6.09 Å². The first kappa shape index (κ1) is 14.3. The van der Waals surface area contributed by atoms with Gasteiger partial charge in [0.25, 0.3) is 0 Å². The lowest BCUT2D eigenvalue weighted by Crippen LogP contribution is -2.51. The van der Waals surface area contributed by atoms with Gasteiger partial charge in [0.2, 0.25) is 0 Å². The normalized spacial score (nSPS) is 22.2. The third kappa shape index (κ3) is 5.37. The van der Waals surface area contributed by atoms with Crippen molar-refractivity contribution in [1.82, 2.24) is 10.2 Å². The van der Waals surface area contributed by atoms with Crippen molar-refractivity contribution in [1.29, 1.82) is 0 Å². The number of hydrogen-bond acceptors (Lipinski definition) is 4. The predicted octanol–water partition coefficient (Wildman–Crippen LogP) is 1.23. The molecule has 1 saturated heterocycles. The number of nitrogens with one attached hydrogen (secondary N) is 1. The van der Waals surface area contributed by atoms with Crippen LogP contribution in [0.1, 0.15) is 27.7 Å². The summed E-state index contributed by atoms with van der Waals surface area (Å²) in [6, 6.07) is 0.251. The molecule has 1 atom stereocenters. The van der Waals surface area contributed by atoms with Crippen LogP contribution in [0.3, 0.4) is 0 Å². The number of morpholine rings is 1. The number of nitrogens with zero attached hydrogens (tertiary/aromatic N) is 1. The molecule has 100 valence electrons. The molecule has 0 unspecified atom stereocenters. The number of amides is 1. The highest BCUT2D eigenvalue weighted by Crippen LogP contribution is 2.08. The Balaban J connectivity index is 2.31. The van der Waals surface area contributed by atoms with E-state index in [4.69, 9.17) is 9.47 Å². The largest absolute Gasteiger partial charge is 0.444 e. The zero-order chi connectivity index (χ0) is 12.9. The average Bonchev–Trinajstić information content (AvgIpc) is 2.24. The molecule has 0 saturated carbocycles. The monoisotopic (exact) mass is 244 g/mol. The molecule has 1 rings (SSSR count). The van der Waals surface area contributed by atoms with E-state index in [-0.39, 0.29) is 12.1 Å². The summed E-state index contributed by atoms with van der Waals surface area (Å²) in [5.41, 5.74) is -0.447. The summed E-state index contributed by atoms with van der Waals surface area (Å²) in [6.07, 6.45) is -0.362. The van der Waals surface area contributed by atoms with Crippen LogP contribution in [0.25, 0.3) is 0 Å². The minimum atomic E-state index is -0.447. The van der Waals surface area contributed by atoms with Gasteiger partial charge in [-0.15, -0.1) is 0 Å². The van der Waals surface area contributed by atoms with Crippen LogP contribution < -0.4 is 5.32 Å². The van der Waals surface area contributed by atoms with E-state index >= 15 is 0 Å². The van der Waals surface area contributed by atoms with Crippen LogP contribution in [0, 0.1) is 0 Å². The first-order valence-electron chi connectivity index (χ1n) is 6.21. The lowest BCUT2D eigenvalue weighted by atomic mass is 10.2. The Bertz CT molecular complexity index is 251. The summed E-state index contributed by atoms with van der Waals surface area (Å²) in [7, 11) is 0. The molecule has 0 aromatic rings. The van der Waals surface area contributed by atoms with Gasteiger partial charge < -0.3 is 14.8 Å². The Labute approximate surface area is 103 Å². The molecule has 0 spiro atoms. The summed E-state index contributed by atoms with van der Waals surface area (Å²) >= 11 is 0. The fourth-order valence-corrected chi connectivity index (χ4v) is 1.81. The van der Waals surface area contributed by atoms with Crippen molar-refractivity contribution in [2.45, 2.75) is 39.3 Å². The molecule has 1 aliphatic heterocycles. The highest BCUT2D eigenvalue weighted by molar-refractivity contribution is 5.67.